The summed E-state index contributed by atoms with van der Waals surface area (Å²) in [5, 5.41) is 1.66. The maximum absolute atomic E-state index is 6.03. The van der Waals surface area contributed by atoms with E-state index in [1.54, 1.807) is 0 Å². The highest BCUT2D eigenvalue weighted by Gasteiger charge is 2.04. The fourth-order valence-corrected chi connectivity index (χ4v) is 1.96. The Kier molecular flexibility index (Phi) is 2.72. The van der Waals surface area contributed by atoms with Crippen molar-refractivity contribution in [3.05, 3.63) is 39.5 Å². The molecule has 2 rings (SSSR count). The van der Waals surface area contributed by atoms with Crippen molar-refractivity contribution in [3.63, 3.8) is 0 Å². The van der Waals surface area contributed by atoms with E-state index in [1.165, 1.54) is 0 Å². The molecule has 0 bridgehead atoms. The lowest BCUT2D eigenvalue weighted by Crippen LogP contribution is -1.99. The molecule has 0 aliphatic heterocycles. The zero-order chi connectivity index (χ0) is 10.1. The largest absolute Gasteiger partial charge is 0.325 e. The van der Waals surface area contributed by atoms with Crippen molar-refractivity contribution < 1.29 is 0 Å². The fraction of sp³-hybridized carbons (Fsp3) is 0.100. The van der Waals surface area contributed by atoms with Gasteiger partial charge in [-0.05, 0) is 24.3 Å². The molecule has 0 atom stereocenters. The highest BCUT2D eigenvalue weighted by molar-refractivity contribution is 9.10. The van der Waals surface area contributed by atoms with Gasteiger partial charge in [-0.3, -0.25) is 0 Å². The second-order valence-electron chi connectivity index (χ2n) is 2.93. The quantitative estimate of drug-likeness (QED) is 0.865. The van der Waals surface area contributed by atoms with E-state index >= 15 is 0 Å². The summed E-state index contributed by atoms with van der Waals surface area (Å²) in [6.45, 7) is 0.429. The van der Waals surface area contributed by atoms with Gasteiger partial charge in [0.1, 0.15) is 0 Å². The molecule has 0 fully saturated rings. The number of hydrogen-bond acceptors (Lipinski definition) is 2. The minimum Gasteiger partial charge on any atom is -0.325 e. The Balaban J connectivity index is 2.80. The van der Waals surface area contributed by atoms with Crippen molar-refractivity contribution in [2.45, 2.75) is 6.54 Å². The first-order valence-corrected chi connectivity index (χ1v) is 5.33. The van der Waals surface area contributed by atoms with Crippen LogP contribution in [0, 0.1) is 0 Å². The Morgan fingerprint density at radius 2 is 2.07 bits per heavy atom. The molecule has 1 heterocycles. The van der Waals surface area contributed by atoms with E-state index < -0.39 is 0 Å². The van der Waals surface area contributed by atoms with Gasteiger partial charge in [0.25, 0.3) is 0 Å². The third-order valence-electron chi connectivity index (χ3n) is 2.02. The lowest BCUT2D eigenvalue weighted by molar-refractivity contribution is 1.01. The SMILES string of the molecule is NCc1ccc2c(Br)ccc(Cl)c2n1. The molecule has 0 amide bonds. The molecule has 1 aromatic heterocycles. The van der Waals surface area contributed by atoms with Crippen LogP contribution in [0.1, 0.15) is 5.69 Å². The minimum absolute atomic E-state index is 0.429. The fourth-order valence-electron chi connectivity index (χ4n) is 1.30. The van der Waals surface area contributed by atoms with Crippen LogP contribution < -0.4 is 5.73 Å². The molecule has 0 radical (unpaired) electrons. The maximum atomic E-state index is 6.03. The lowest BCUT2D eigenvalue weighted by Gasteiger charge is -2.04. The molecule has 0 spiro atoms. The normalized spacial score (nSPS) is 10.8. The van der Waals surface area contributed by atoms with Gasteiger partial charge in [0.05, 0.1) is 16.2 Å². The summed E-state index contributed by atoms with van der Waals surface area (Å²) < 4.78 is 0.993. The van der Waals surface area contributed by atoms with Gasteiger partial charge in [-0.15, -0.1) is 0 Å². The van der Waals surface area contributed by atoms with Crippen LogP contribution in [-0.2, 0) is 6.54 Å². The summed E-state index contributed by atoms with van der Waals surface area (Å²) in [6.07, 6.45) is 0. The molecular formula is C10H8BrClN2. The number of rotatable bonds is 1. The first kappa shape index (κ1) is 9.90. The van der Waals surface area contributed by atoms with E-state index in [4.69, 9.17) is 17.3 Å². The average molecular weight is 272 g/mol. The molecule has 0 unspecified atom stereocenters. The topological polar surface area (TPSA) is 38.9 Å². The molecule has 4 heteroatoms. The van der Waals surface area contributed by atoms with E-state index in [2.05, 4.69) is 20.9 Å². The molecule has 0 aliphatic rings. The van der Waals surface area contributed by atoms with Gasteiger partial charge in [0.2, 0.25) is 0 Å². The third kappa shape index (κ3) is 1.63. The van der Waals surface area contributed by atoms with Crippen LogP contribution in [0.4, 0.5) is 0 Å². The summed E-state index contributed by atoms with van der Waals surface area (Å²) >= 11 is 9.48. The Hall–Kier alpha value is -0.640. The predicted octanol–water partition coefficient (Wildman–Crippen LogP) is 3.11. The van der Waals surface area contributed by atoms with Crippen LogP contribution in [0.2, 0.25) is 5.02 Å². The molecule has 0 saturated heterocycles. The van der Waals surface area contributed by atoms with Crippen LogP contribution in [0.3, 0.4) is 0 Å². The molecule has 2 nitrogen and oxygen atoms in total. The second kappa shape index (κ2) is 3.85. The van der Waals surface area contributed by atoms with Crippen LogP contribution in [0.25, 0.3) is 10.9 Å². The number of benzene rings is 1. The van der Waals surface area contributed by atoms with Crippen LogP contribution in [0.15, 0.2) is 28.7 Å². The molecule has 0 saturated carbocycles. The van der Waals surface area contributed by atoms with Gasteiger partial charge >= 0.3 is 0 Å². The van der Waals surface area contributed by atoms with Crippen molar-refractivity contribution in [2.75, 3.05) is 0 Å². The lowest BCUT2D eigenvalue weighted by atomic mass is 10.2. The number of aromatic nitrogens is 1. The molecule has 0 aliphatic carbocycles. The molecular weight excluding hydrogens is 263 g/mol. The number of hydrogen-bond donors (Lipinski definition) is 1. The highest BCUT2D eigenvalue weighted by atomic mass is 79.9. The molecule has 72 valence electrons. The van der Waals surface area contributed by atoms with Crippen molar-refractivity contribution >= 4 is 38.4 Å². The molecule has 2 N–H and O–H groups in total. The standard InChI is InChI=1S/C10H8BrClN2/c11-8-3-4-9(12)10-7(8)2-1-6(5-13)14-10/h1-4H,5,13H2. The first-order valence-electron chi connectivity index (χ1n) is 4.16. The van der Waals surface area contributed by atoms with Crippen molar-refractivity contribution in [1.82, 2.24) is 4.98 Å². The van der Waals surface area contributed by atoms with E-state index in [1.807, 2.05) is 24.3 Å². The Bertz CT molecular complexity index is 485. The monoisotopic (exact) mass is 270 g/mol. The number of nitrogens with two attached hydrogens (primary N) is 1. The summed E-state index contributed by atoms with van der Waals surface area (Å²) in [4.78, 5) is 4.37. The van der Waals surface area contributed by atoms with Gasteiger partial charge in [-0.25, -0.2) is 4.98 Å². The van der Waals surface area contributed by atoms with Gasteiger partial charge < -0.3 is 5.73 Å². The predicted molar refractivity (Wildman–Crippen MR) is 62.3 cm³/mol. The Morgan fingerprint density at radius 1 is 1.29 bits per heavy atom. The van der Waals surface area contributed by atoms with E-state index in [-0.39, 0.29) is 0 Å². The number of fused-ring (bicyclic) bond motifs is 1. The van der Waals surface area contributed by atoms with Gasteiger partial charge in [-0.2, -0.15) is 0 Å². The van der Waals surface area contributed by atoms with Crippen LogP contribution >= 0.6 is 27.5 Å². The number of pyridine rings is 1. The molecule has 1 aromatic carbocycles. The smallest absolute Gasteiger partial charge is 0.0903 e. The summed E-state index contributed by atoms with van der Waals surface area (Å²) in [5.41, 5.74) is 7.15. The highest BCUT2D eigenvalue weighted by Crippen LogP contribution is 2.28. The zero-order valence-electron chi connectivity index (χ0n) is 7.30. The maximum Gasteiger partial charge on any atom is 0.0903 e. The number of halogens is 2. The third-order valence-corrected chi connectivity index (χ3v) is 3.02. The van der Waals surface area contributed by atoms with E-state index in [9.17, 15) is 0 Å². The average Bonchev–Trinajstić information content (AvgIpc) is 2.23. The second-order valence-corrected chi connectivity index (χ2v) is 4.19. The van der Waals surface area contributed by atoms with E-state index in [0.717, 1.165) is 21.1 Å². The minimum atomic E-state index is 0.429. The Morgan fingerprint density at radius 3 is 2.79 bits per heavy atom. The van der Waals surface area contributed by atoms with Crippen LogP contribution in [0.5, 0.6) is 0 Å². The molecule has 2 aromatic rings. The van der Waals surface area contributed by atoms with Crippen molar-refractivity contribution in [1.29, 1.82) is 0 Å². The Labute approximate surface area is 95.2 Å². The first-order chi connectivity index (χ1) is 6.72. The van der Waals surface area contributed by atoms with Crippen molar-refractivity contribution in [2.24, 2.45) is 5.73 Å². The number of nitrogens with zero attached hydrogens (tertiary/aromatic N) is 1. The zero-order valence-corrected chi connectivity index (χ0v) is 9.64. The molecule has 14 heavy (non-hydrogen) atoms. The summed E-state index contributed by atoms with van der Waals surface area (Å²) in [7, 11) is 0. The summed E-state index contributed by atoms with van der Waals surface area (Å²) in [6, 6.07) is 7.61. The van der Waals surface area contributed by atoms with Gasteiger partial charge in [0.15, 0.2) is 0 Å². The summed E-state index contributed by atoms with van der Waals surface area (Å²) in [5.74, 6) is 0. The van der Waals surface area contributed by atoms with E-state index in [0.29, 0.717) is 11.6 Å². The van der Waals surface area contributed by atoms with Crippen LogP contribution in [-0.4, -0.2) is 4.98 Å². The van der Waals surface area contributed by atoms with Gasteiger partial charge in [0, 0.05) is 16.4 Å². The van der Waals surface area contributed by atoms with Gasteiger partial charge in [-0.1, -0.05) is 27.5 Å². The van der Waals surface area contributed by atoms with Crippen molar-refractivity contribution in [3.8, 4) is 0 Å².